The largest absolute Gasteiger partial charge is 0.573 e. The van der Waals surface area contributed by atoms with E-state index in [1.807, 2.05) is 32.0 Å². The van der Waals surface area contributed by atoms with E-state index in [-0.39, 0.29) is 5.75 Å². The third kappa shape index (κ3) is 7.27. The molecule has 1 N–H and O–H groups in total. The molecule has 0 saturated heterocycles. The first-order valence-electron chi connectivity index (χ1n) is 9.33. The maximum absolute atomic E-state index is 12.2. The fourth-order valence-electron chi connectivity index (χ4n) is 2.71. The third-order valence-electron chi connectivity index (χ3n) is 4.13. The number of amides is 1. The topological polar surface area (TPSA) is 64.6 Å². The van der Waals surface area contributed by atoms with Gasteiger partial charge in [0.1, 0.15) is 5.75 Å². The molecule has 0 aliphatic heterocycles. The molecule has 1 amide bonds. The van der Waals surface area contributed by atoms with Crippen LogP contribution in [-0.4, -0.2) is 24.8 Å². The number of aryl methyl sites for hydroxylation is 2. The molecule has 0 aromatic heterocycles. The Labute approximate surface area is 172 Å². The molecule has 0 radical (unpaired) electrons. The van der Waals surface area contributed by atoms with Gasteiger partial charge in [0, 0.05) is 11.8 Å². The zero-order valence-electron chi connectivity index (χ0n) is 16.6. The summed E-state index contributed by atoms with van der Waals surface area (Å²) in [5.74, 6) is -1.57. The molecular weight excluding hydrogens is 399 g/mol. The molecule has 0 heterocycles. The van der Waals surface area contributed by atoms with Gasteiger partial charge in [0.15, 0.2) is 6.61 Å². The Hall–Kier alpha value is -3.29. The number of rotatable bonds is 8. The predicted octanol–water partition coefficient (Wildman–Crippen LogP) is 4.91. The number of para-hydroxylation sites is 1. The summed E-state index contributed by atoms with van der Waals surface area (Å²) in [5.41, 5.74) is 3.19. The van der Waals surface area contributed by atoms with Crippen molar-refractivity contribution in [3.63, 3.8) is 0 Å². The van der Waals surface area contributed by atoms with Gasteiger partial charge >= 0.3 is 12.3 Å². The summed E-state index contributed by atoms with van der Waals surface area (Å²) in [4.78, 5) is 24.0. The summed E-state index contributed by atoms with van der Waals surface area (Å²) in [6.07, 6.45) is -0.821. The maximum atomic E-state index is 12.2. The van der Waals surface area contributed by atoms with Gasteiger partial charge in [-0.1, -0.05) is 44.2 Å². The van der Waals surface area contributed by atoms with E-state index in [2.05, 4.69) is 10.1 Å². The summed E-state index contributed by atoms with van der Waals surface area (Å²) in [5, 5.41) is 2.79. The van der Waals surface area contributed by atoms with E-state index in [0.29, 0.717) is 5.56 Å². The molecule has 0 saturated carbocycles. The normalized spacial score (nSPS) is 11.4. The van der Waals surface area contributed by atoms with E-state index in [4.69, 9.17) is 4.74 Å². The van der Waals surface area contributed by atoms with Crippen molar-refractivity contribution in [3.05, 3.63) is 65.2 Å². The third-order valence-corrected chi connectivity index (χ3v) is 4.13. The minimum atomic E-state index is -4.77. The highest BCUT2D eigenvalue weighted by Crippen LogP contribution is 2.23. The van der Waals surface area contributed by atoms with Gasteiger partial charge < -0.3 is 14.8 Å². The van der Waals surface area contributed by atoms with Crippen molar-refractivity contribution in [2.24, 2.45) is 0 Å². The number of benzene rings is 2. The van der Waals surface area contributed by atoms with Crippen LogP contribution in [0.3, 0.4) is 0 Å². The van der Waals surface area contributed by atoms with Crippen LogP contribution in [0.5, 0.6) is 5.75 Å². The zero-order chi connectivity index (χ0) is 22.1. The zero-order valence-corrected chi connectivity index (χ0v) is 16.6. The molecule has 5 nitrogen and oxygen atoms in total. The van der Waals surface area contributed by atoms with Crippen LogP contribution in [0.4, 0.5) is 18.9 Å². The molecule has 160 valence electrons. The fraction of sp³-hybridized carbons (Fsp3) is 0.273. The SMILES string of the molecule is CCc1cccc(CC)c1NC(=O)COC(=O)/C=C/c1ccc(OC(F)(F)F)cc1. The van der Waals surface area contributed by atoms with Crippen LogP contribution >= 0.6 is 0 Å². The van der Waals surface area contributed by atoms with Crippen LogP contribution in [0.1, 0.15) is 30.5 Å². The average Bonchev–Trinajstić information content (AvgIpc) is 2.70. The lowest BCUT2D eigenvalue weighted by Crippen LogP contribution is -2.21. The van der Waals surface area contributed by atoms with Gasteiger partial charge in [-0.2, -0.15) is 0 Å². The van der Waals surface area contributed by atoms with Crippen molar-refractivity contribution in [1.29, 1.82) is 0 Å². The number of hydrogen-bond acceptors (Lipinski definition) is 4. The molecule has 0 bridgehead atoms. The van der Waals surface area contributed by atoms with Gasteiger partial charge in [-0.05, 0) is 47.7 Å². The van der Waals surface area contributed by atoms with Gasteiger partial charge in [-0.15, -0.1) is 13.2 Å². The molecule has 30 heavy (non-hydrogen) atoms. The fourth-order valence-corrected chi connectivity index (χ4v) is 2.71. The van der Waals surface area contributed by atoms with Gasteiger partial charge in [0.2, 0.25) is 0 Å². The van der Waals surface area contributed by atoms with Crippen LogP contribution in [-0.2, 0) is 27.2 Å². The van der Waals surface area contributed by atoms with E-state index in [9.17, 15) is 22.8 Å². The Balaban J connectivity index is 1.88. The highest BCUT2D eigenvalue weighted by molar-refractivity contribution is 5.95. The van der Waals surface area contributed by atoms with Crippen LogP contribution in [0.25, 0.3) is 6.08 Å². The molecule has 0 aliphatic rings. The number of nitrogens with one attached hydrogen (secondary N) is 1. The minimum Gasteiger partial charge on any atom is -0.452 e. The minimum absolute atomic E-state index is 0.363. The molecule has 0 fully saturated rings. The molecule has 0 spiro atoms. The highest BCUT2D eigenvalue weighted by Gasteiger charge is 2.30. The molecule has 0 aliphatic carbocycles. The standard InChI is InChI=1S/C22H22F3NO4/c1-3-16-6-5-7-17(4-2)21(16)26-19(27)14-29-20(28)13-10-15-8-11-18(12-9-15)30-22(23,24)25/h5-13H,3-4,14H2,1-2H3,(H,26,27)/b13-10+. The Morgan fingerprint density at radius 3 is 2.13 bits per heavy atom. The lowest BCUT2D eigenvalue weighted by atomic mass is 10.0. The monoisotopic (exact) mass is 421 g/mol. The second-order valence-electron chi connectivity index (χ2n) is 6.26. The quantitative estimate of drug-likeness (QED) is 0.486. The van der Waals surface area contributed by atoms with Crippen LogP contribution < -0.4 is 10.1 Å². The van der Waals surface area contributed by atoms with E-state index >= 15 is 0 Å². The van der Waals surface area contributed by atoms with Crippen molar-refractivity contribution in [2.75, 3.05) is 11.9 Å². The summed E-state index contributed by atoms with van der Waals surface area (Å²) in [7, 11) is 0. The van der Waals surface area contributed by atoms with Gasteiger partial charge in [0.25, 0.3) is 5.91 Å². The lowest BCUT2D eigenvalue weighted by Gasteiger charge is -2.14. The molecule has 2 aromatic carbocycles. The van der Waals surface area contributed by atoms with Gasteiger partial charge in [-0.25, -0.2) is 4.79 Å². The molecule has 0 unspecified atom stereocenters. The Kier molecular flexibility index (Phi) is 8.03. The number of hydrogen-bond donors (Lipinski definition) is 1. The Bertz CT molecular complexity index is 883. The van der Waals surface area contributed by atoms with E-state index < -0.39 is 24.8 Å². The number of esters is 1. The van der Waals surface area contributed by atoms with Crippen LogP contribution in [0, 0.1) is 0 Å². The molecule has 0 atom stereocenters. The second-order valence-corrected chi connectivity index (χ2v) is 6.26. The number of alkyl halides is 3. The number of ether oxygens (including phenoxy) is 2. The first kappa shape index (κ1) is 23.0. The van der Waals surface area contributed by atoms with E-state index in [0.717, 1.165) is 47.9 Å². The van der Waals surface area contributed by atoms with Crippen LogP contribution in [0.15, 0.2) is 48.5 Å². The summed E-state index contributed by atoms with van der Waals surface area (Å²) >= 11 is 0. The highest BCUT2D eigenvalue weighted by atomic mass is 19.4. The summed E-state index contributed by atoms with van der Waals surface area (Å²) in [6, 6.07) is 10.7. The summed E-state index contributed by atoms with van der Waals surface area (Å²) < 4.78 is 45.1. The first-order chi connectivity index (χ1) is 14.2. The number of halogens is 3. The number of anilines is 1. The van der Waals surface area contributed by atoms with E-state index in [1.54, 1.807) is 0 Å². The van der Waals surface area contributed by atoms with Crippen molar-refractivity contribution >= 4 is 23.6 Å². The Morgan fingerprint density at radius 2 is 1.60 bits per heavy atom. The second kappa shape index (κ2) is 10.5. The summed E-state index contributed by atoms with van der Waals surface area (Å²) in [6.45, 7) is 3.51. The number of carbonyl (C=O) groups excluding carboxylic acids is 2. The van der Waals surface area contributed by atoms with Crippen molar-refractivity contribution in [3.8, 4) is 5.75 Å². The van der Waals surface area contributed by atoms with Crippen molar-refractivity contribution in [2.45, 2.75) is 33.1 Å². The van der Waals surface area contributed by atoms with Crippen LogP contribution in [0.2, 0.25) is 0 Å². The smallest absolute Gasteiger partial charge is 0.452 e. The maximum Gasteiger partial charge on any atom is 0.573 e. The van der Waals surface area contributed by atoms with Crippen molar-refractivity contribution < 1.29 is 32.2 Å². The molecule has 8 heteroatoms. The molecule has 2 rings (SSSR count). The predicted molar refractivity (Wildman–Crippen MR) is 107 cm³/mol. The molecule has 2 aromatic rings. The van der Waals surface area contributed by atoms with E-state index in [1.165, 1.54) is 18.2 Å². The van der Waals surface area contributed by atoms with Crippen molar-refractivity contribution in [1.82, 2.24) is 0 Å². The van der Waals surface area contributed by atoms with Gasteiger partial charge in [-0.3, -0.25) is 4.79 Å². The first-order valence-corrected chi connectivity index (χ1v) is 9.33. The lowest BCUT2D eigenvalue weighted by molar-refractivity contribution is -0.274. The Morgan fingerprint density at radius 1 is 1.00 bits per heavy atom. The van der Waals surface area contributed by atoms with Gasteiger partial charge in [0.05, 0.1) is 0 Å². The molecular formula is C22H22F3NO4. The number of carbonyl (C=O) groups is 2. The average molecular weight is 421 g/mol.